The molecule has 0 aliphatic carbocycles. The Hall–Kier alpha value is -2.28. The summed E-state index contributed by atoms with van der Waals surface area (Å²) < 4.78 is 1.27. The number of aryl methyl sites for hydroxylation is 1. The first kappa shape index (κ1) is 16.6. The number of benzene rings is 1. The van der Waals surface area contributed by atoms with E-state index in [0.717, 1.165) is 19.4 Å². The second kappa shape index (κ2) is 7.09. The molecule has 1 aliphatic heterocycles. The van der Waals surface area contributed by atoms with E-state index in [1.807, 2.05) is 17.9 Å². The van der Waals surface area contributed by atoms with E-state index < -0.39 is 0 Å². The minimum absolute atomic E-state index is 0.0437. The lowest BCUT2D eigenvalue weighted by atomic mass is 9.92. The Morgan fingerprint density at radius 3 is 3.00 bits per heavy atom. The predicted octanol–water partition coefficient (Wildman–Crippen LogP) is 0.767. The van der Waals surface area contributed by atoms with Crippen molar-refractivity contribution in [1.29, 1.82) is 0 Å². The van der Waals surface area contributed by atoms with Crippen molar-refractivity contribution < 1.29 is 4.79 Å². The van der Waals surface area contributed by atoms with Gasteiger partial charge in [-0.25, -0.2) is 4.68 Å². The summed E-state index contributed by atoms with van der Waals surface area (Å²) in [6.07, 6.45) is 2.29. The van der Waals surface area contributed by atoms with Crippen LogP contribution < -0.4 is 11.3 Å². The van der Waals surface area contributed by atoms with Crippen molar-refractivity contribution in [3.63, 3.8) is 0 Å². The number of fused-ring (bicyclic) bond motifs is 1. The molecule has 2 N–H and O–H groups in total. The molecule has 1 aromatic carbocycles. The van der Waals surface area contributed by atoms with Gasteiger partial charge >= 0.3 is 0 Å². The summed E-state index contributed by atoms with van der Waals surface area (Å²) in [6, 6.07) is 7.18. The number of nitrogens with zero attached hydrogens (tertiary/aromatic N) is 4. The van der Waals surface area contributed by atoms with Crippen molar-refractivity contribution in [3.05, 3.63) is 34.6 Å². The molecule has 1 amide bonds. The molecule has 3 rings (SSSR count). The number of hydrogen-bond acceptors (Lipinski definition) is 5. The Morgan fingerprint density at radius 1 is 1.42 bits per heavy atom. The van der Waals surface area contributed by atoms with E-state index in [9.17, 15) is 9.59 Å². The monoisotopic (exact) mass is 329 g/mol. The van der Waals surface area contributed by atoms with E-state index in [2.05, 4.69) is 10.3 Å². The molecule has 2 heterocycles. The summed E-state index contributed by atoms with van der Waals surface area (Å²) in [4.78, 5) is 26.7. The minimum Gasteiger partial charge on any atom is -0.342 e. The highest BCUT2D eigenvalue weighted by molar-refractivity contribution is 5.77. The van der Waals surface area contributed by atoms with Gasteiger partial charge in [0.05, 0.1) is 11.9 Å². The van der Waals surface area contributed by atoms with Crippen molar-refractivity contribution in [3.8, 4) is 0 Å². The third kappa shape index (κ3) is 3.46. The fourth-order valence-electron chi connectivity index (χ4n) is 3.20. The molecule has 1 saturated heterocycles. The van der Waals surface area contributed by atoms with Crippen molar-refractivity contribution in [1.82, 2.24) is 19.9 Å². The zero-order valence-corrected chi connectivity index (χ0v) is 13.9. The van der Waals surface area contributed by atoms with Crippen LogP contribution in [0, 0.1) is 5.92 Å². The van der Waals surface area contributed by atoms with Crippen molar-refractivity contribution in [2.75, 3.05) is 13.1 Å². The maximum Gasteiger partial charge on any atom is 0.277 e. The third-order valence-electron chi connectivity index (χ3n) is 4.72. The van der Waals surface area contributed by atoms with Crippen LogP contribution in [-0.2, 0) is 11.3 Å². The topological polar surface area (TPSA) is 94.1 Å². The van der Waals surface area contributed by atoms with Crippen LogP contribution in [0.4, 0.5) is 0 Å². The van der Waals surface area contributed by atoms with Gasteiger partial charge in [-0.05, 0) is 37.8 Å². The highest BCUT2D eigenvalue weighted by Crippen LogP contribution is 2.19. The van der Waals surface area contributed by atoms with E-state index >= 15 is 0 Å². The Kier molecular flexibility index (Phi) is 4.89. The van der Waals surface area contributed by atoms with Gasteiger partial charge in [0.15, 0.2) is 0 Å². The second-order valence-corrected chi connectivity index (χ2v) is 6.49. The van der Waals surface area contributed by atoms with E-state index in [1.165, 1.54) is 4.68 Å². The minimum atomic E-state index is -0.208. The molecule has 1 fully saturated rings. The number of rotatable bonds is 4. The zero-order valence-electron chi connectivity index (χ0n) is 13.9. The standard InChI is InChI=1S/C17H23N5O2/c1-12(18)13-5-4-9-21(11-13)16(23)8-10-22-17(24)14-6-2-3-7-15(14)19-20-22/h2-3,6-7,12-13H,4-5,8-11,18H2,1H3. The number of carbonyl (C=O) groups is 1. The number of hydrogen-bond donors (Lipinski definition) is 1. The number of nitrogens with two attached hydrogens (primary N) is 1. The van der Waals surface area contributed by atoms with Crippen LogP contribution in [0.3, 0.4) is 0 Å². The number of aromatic nitrogens is 3. The van der Waals surface area contributed by atoms with Crippen LogP contribution in [-0.4, -0.2) is 44.9 Å². The predicted molar refractivity (Wildman–Crippen MR) is 91.4 cm³/mol. The summed E-state index contributed by atoms with van der Waals surface area (Å²) >= 11 is 0. The van der Waals surface area contributed by atoms with Crippen LogP contribution in [0.5, 0.6) is 0 Å². The van der Waals surface area contributed by atoms with Crippen LogP contribution in [0.15, 0.2) is 29.1 Å². The van der Waals surface area contributed by atoms with Gasteiger partial charge in [-0.15, -0.1) is 5.10 Å². The molecule has 1 aromatic heterocycles. The highest BCUT2D eigenvalue weighted by atomic mass is 16.2. The van der Waals surface area contributed by atoms with Gasteiger partial charge in [0.1, 0.15) is 5.52 Å². The van der Waals surface area contributed by atoms with Gasteiger partial charge < -0.3 is 10.6 Å². The van der Waals surface area contributed by atoms with Gasteiger partial charge in [0.2, 0.25) is 5.91 Å². The summed E-state index contributed by atoms with van der Waals surface area (Å²) in [6.45, 7) is 3.70. The molecule has 2 atom stereocenters. The second-order valence-electron chi connectivity index (χ2n) is 6.49. The lowest BCUT2D eigenvalue weighted by molar-refractivity contribution is -0.133. The van der Waals surface area contributed by atoms with E-state index in [-0.39, 0.29) is 30.5 Å². The summed E-state index contributed by atoms with van der Waals surface area (Å²) in [5.41, 5.74) is 6.33. The molecule has 128 valence electrons. The Bertz CT molecular complexity index is 786. The molecule has 24 heavy (non-hydrogen) atoms. The van der Waals surface area contributed by atoms with Crippen LogP contribution >= 0.6 is 0 Å². The smallest absolute Gasteiger partial charge is 0.277 e. The fourth-order valence-corrected chi connectivity index (χ4v) is 3.20. The number of carbonyl (C=O) groups excluding carboxylic acids is 1. The van der Waals surface area contributed by atoms with Crippen LogP contribution in [0.25, 0.3) is 10.9 Å². The number of likely N-dealkylation sites (tertiary alicyclic amines) is 1. The normalized spacial score (nSPS) is 19.4. The van der Waals surface area contributed by atoms with Gasteiger partial charge in [0, 0.05) is 25.6 Å². The van der Waals surface area contributed by atoms with Crippen molar-refractivity contribution in [2.24, 2.45) is 11.7 Å². The summed E-state index contributed by atoms with van der Waals surface area (Å²) in [5, 5.41) is 8.49. The molecular weight excluding hydrogens is 306 g/mol. The average molecular weight is 329 g/mol. The van der Waals surface area contributed by atoms with E-state index in [4.69, 9.17) is 5.73 Å². The Labute approximate surface area is 140 Å². The quantitative estimate of drug-likeness (QED) is 0.894. The third-order valence-corrected chi connectivity index (χ3v) is 4.72. The molecule has 2 aromatic rings. The first-order valence-electron chi connectivity index (χ1n) is 8.42. The SMILES string of the molecule is CC(N)C1CCCN(C(=O)CCn2nnc3ccccc3c2=O)C1. The van der Waals surface area contributed by atoms with Crippen LogP contribution in [0.2, 0.25) is 0 Å². The zero-order chi connectivity index (χ0) is 17.1. The summed E-state index contributed by atoms with van der Waals surface area (Å²) in [7, 11) is 0. The van der Waals surface area contributed by atoms with Crippen molar-refractivity contribution in [2.45, 2.75) is 38.8 Å². The lowest BCUT2D eigenvalue weighted by Gasteiger charge is -2.34. The van der Waals surface area contributed by atoms with E-state index in [1.54, 1.807) is 18.2 Å². The summed E-state index contributed by atoms with van der Waals surface area (Å²) in [5.74, 6) is 0.396. The van der Waals surface area contributed by atoms with Crippen LogP contribution in [0.1, 0.15) is 26.2 Å². The Morgan fingerprint density at radius 2 is 2.21 bits per heavy atom. The molecule has 0 saturated carbocycles. The molecule has 0 radical (unpaired) electrons. The van der Waals surface area contributed by atoms with Crippen molar-refractivity contribution >= 4 is 16.8 Å². The Balaban J connectivity index is 1.66. The first-order chi connectivity index (χ1) is 11.6. The highest BCUT2D eigenvalue weighted by Gasteiger charge is 2.25. The van der Waals surface area contributed by atoms with E-state index in [0.29, 0.717) is 23.4 Å². The number of piperidine rings is 1. The molecule has 7 heteroatoms. The van der Waals surface area contributed by atoms with Gasteiger partial charge in [-0.2, -0.15) is 0 Å². The van der Waals surface area contributed by atoms with Gasteiger partial charge in [0.25, 0.3) is 5.56 Å². The first-order valence-corrected chi connectivity index (χ1v) is 8.42. The maximum absolute atomic E-state index is 12.4. The van der Waals surface area contributed by atoms with Gasteiger partial charge in [-0.1, -0.05) is 17.3 Å². The van der Waals surface area contributed by atoms with Gasteiger partial charge in [-0.3, -0.25) is 9.59 Å². The molecule has 2 unspecified atom stereocenters. The largest absolute Gasteiger partial charge is 0.342 e. The average Bonchev–Trinajstić information content (AvgIpc) is 2.61. The molecule has 0 spiro atoms. The fraction of sp³-hybridized carbons (Fsp3) is 0.529. The lowest BCUT2D eigenvalue weighted by Crippen LogP contribution is -2.45. The molecular formula is C17H23N5O2. The molecule has 1 aliphatic rings. The number of amides is 1. The molecule has 0 bridgehead atoms. The maximum atomic E-state index is 12.4. The molecule has 7 nitrogen and oxygen atoms in total.